The Balaban J connectivity index is 2.11. The molecule has 0 aliphatic heterocycles. The van der Waals surface area contributed by atoms with Crippen molar-refractivity contribution in [2.75, 3.05) is 7.05 Å². The van der Waals surface area contributed by atoms with E-state index < -0.39 is 15.9 Å². The zero-order chi connectivity index (χ0) is 15.5. The van der Waals surface area contributed by atoms with Gasteiger partial charge in [-0.25, -0.2) is 13.1 Å². The number of nitrogens with one attached hydrogen (secondary N) is 2. The molecule has 0 aliphatic rings. The molecule has 0 saturated heterocycles. The van der Waals surface area contributed by atoms with Gasteiger partial charge >= 0.3 is 0 Å². The number of furan rings is 1. The lowest BCUT2D eigenvalue weighted by Gasteiger charge is -2.11. The highest BCUT2D eigenvalue weighted by atomic mass is 32.2. The van der Waals surface area contributed by atoms with E-state index in [1.165, 1.54) is 19.2 Å². The van der Waals surface area contributed by atoms with Crippen LogP contribution in [-0.2, 0) is 10.0 Å². The number of sulfonamides is 1. The van der Waals surface area contributed by atoms with Gasteiger partial charge < -0.3 is 9.73 Å². The molecule has 0 saturated carbocycles. The van der Waals surface area contributed by atoms with Crippen LogP contribution in [0.25, 0.3) is 0 Å². The largest absolute Gasteiger partial charge is 0.438 e. The van der Waals surface area contributed by atoms with Crippen LogP contribution in [0.5, 0.6) is 0 Å². The standard InChI is InChI=1S/C13H15N3O4S/c1-9(10-5-3-4-8-15-10)16-13(17)11-6-7-12(20-11)21(18,19)14-2/h3-9,14H,1-2H3,(H,16,17)/t9-/m1/s1. The van der Waals surface area contributed by atoms with Crippen LogP contribution < -0.4 is 10.0 Å². The number of rotatable bonds is 5. The first-order valence-corrected chi connectivity index (χ1v) is 7.67. The Bertz CT molecular complexity index is 725. The molecule has 0 bridgehead atoms. The number of hydrogen-bond donors (Lipinski definition) is 2. The van der Waals surface area contributed by atoms with Crippen molar-refractivity contribution in [3.63, 3.8) is 0 Å². The maximum Gasteiger partial charge on any atom is 0.287 e. The molecule has 2 heterocycles. The Hall–Kier alpha value is -2.19. The molecule has 0 unspecified atom stereocenters. The van der Waals surface area contributed by atoms with E-state index in [-0.39, 0.29) is 16.9 Å². The van der Waals surface area contributed by atoms with E-state index in [0.717, 1.165) is 0 Å². The molecule has 2 N–H and O–H groups in total. The van der Waals surface area contributed by atoms with Crippen LogP contribution in [0, 0.1) is 0 Å². The molecule has 2 aromatic rings. The minimum Gasteiger partial charge on any atom is -0.438 e. The SMILES string of the molecule is CNS(=O)(=O)c1ccc(C(=O)N[C@H](C)c2ccccn2)o1. The molecule has 2 aromatic heterocycles. The smallest absolute Gasteiger partial charge is 0.287 e. The summed E-state index contributed by atoms with van der Waals surface area (Å²) in [7, 11) is -2.44. The van der Waals surface area contributed by atoms with Gasteiger partial charge in [0, 0.05) is 6.20 Å². The second kappa shape index (κ2) is 6.06. The highest BCUT2D eigenvalue weighted by Gasteiger charge is 2.20. The number of pyridine rings is 1. The third-order valence-corrected chi connectivity index (χ3v) is 4.10. The van der Waals surface area contributed by atoms with Crippen molar-refractivity contribution in [3.8, 4) is 0 Å². The molecule has 1 amide bonds. The first-order valence-electron chi connectivity index (χ1n) is 6.19. The monoisotopic (exact) mass is 309 g/mol. The van der Waals surface area contributed by atoms with Gasteiger partial charge in [-0.3, -0.25) is 9.78 Å². The highest BCUT2D eigenvalue weighted by Crippen LogP contribution is 2.15. The van der Waals surface area contributed by atoms with E-state index in [1.807, 2.05) is 6.07 Å². The lowest BCUT2D eigenvalue weighted by atomic mass is 10.2. The average Bonchev–Trinajstić information content (AvgIpc) is 2.99. The number of carbonyl (C=O) groups excluding carboxylic acids is 1. The number of nitrogens with zero attached hydrogens (tertiary/aromatic N) is 1. The number of aromatic nitrogens is 1. The summed E-state index contributed by atoms with van der Waals surface area (Å²) in [6.45, 7) is 1.77. The molecule has 112 valence electrons. The van der Waals surface area contributed by atoms with Gasteiger partial charge in [0.25, 0.3) is 15.9 Å². The number of amides is 1. The van der Waals surface area contributed by atoms with Crippen molar-refractivity contribution in [2.45, 2.75) is 18.1 Å². The van der Waals surface area contributed by atoms with Crippen LogP contribution in [-0.4, -0.2) is 26.4 Å². The van der Waals surface area contributed by atoms with Crippen molar-refractivity contribution in [1.29, 1.82) is 0 Å². The van der Waals surface area contributed by atoms with Gasteiger partial charge in [0.2, 0.25) is 5.09 Å². The summed E-state index contributed by atoms with van der Waals surface area (Å²) < 4.78 is 30.2. The van der Waals surface area contributed by atoms with Gasteiger partial charge in [-0.2, -0.15) is 0 Å². The Morgan fingerprint density at radius 2 is 2.05 bits per heavy atom. The molecule has 21 heavy (non-hydrogen) atoms. The maximum atomic E-state index is 12.0. The van der Waals surface area contributed by atoms with E-state index in [0.29, 0.717) is 5.69 Å². The van der Waals surface area contributed by atoms with E-state index >= 15 is 0 Å². The van der Waals surface area contributed by atoms with Crippen LogP contribution in [0.15, 0.2) is 46.0 Å². The molecule has 1 atom stereocenters. The Kier molecular flexibility index (Phi) is 4.39. The summed E-state index contributed by atoms with van der Waals surface area (Å²) in [5, 5.41) is 2.38. The molecular weight excluding hydrogens is 294 g/mol. The Labute approximate surface area is 122 Å². The van der Waals surface area contributed by atoms with Crippen molar-refractivity contribution in [2.24, 2.45) is 0 Å². The Morgan fingerprint density at radius 3 is 2.67 bits per heavy atom. The average molecular weight is 309 g/mol. The second-order valence-electron chi connectivity index (χ2n) is 4.28. The van der Waals surface area contributed by atoms with Crippen molar-refractivity contribution in [3.05, 3.63) is 48.0 Å². The third kappa shape index (κ3) is 3.47. The minimum absolute atomic E-state index is 0.0772. The predicted molar refractivity (Wildman–Crippen MR) is 75.1 cm³/mol. The second-order valence-corrected chi connectivity index (χ2v) is 6.09. The molecule has 0 spiro atoms. The van der Waals surface area contributed by atoms with Crippen LogP contribution >= 0.6 is 0 Å². The number of hydrogen-bond acceptors (Lipinski definition) is 5. The van der Waals surface area contributed by atoms with E-state index in [1.54, 1.807) is 25.3 Å². The summed E-state index contributed by atoms with van der Waals surface area (Å²) in [4.78, 5) is 16.1. The minimum atomic E-state index is -3.70. The fourth-order valence-corrected chi connectivity index (χ4v) is 2.31. The van der Waals surface area contributed by atoms with Gasteiger partial charge in [-0.1, -0.05) is 6.07 Å². The molecule has 0 aromatic carbocycles. The van der Waals surface area contributed by atoms with Gasteiger partial charge in [-0.05, 0) is 38.2 Å². The quantitative estimate of drug-likeness (QED) is 0.860. The van der Waals surface area contributed by atoms with E-state index in [9.17, 15) is 13.2 Å². The van der Waals surface area contributed by atoms with Crippen molar-refractivity contribution in [1.82, 2.24) is 15.0 Å². The normalized spacial score (nSPS) is 12.9. The molecule has 2 rings (SSSR count). The van der Waals surface area contributed by atoms with Gasteiger partial charge in [0.1, 0.15) is 0 Å². The molecule has 0 fully saturated rings. The molecule has 0 aliphatic carbocycles. The van der Waals surface area contributed by atoms with Crippen LogP contribution in [0.3, 0.4) is 0 Å². The fourth-order valence-electron chi connectivity index (χ4n) is 1.66. The topological polar surface area (TPSA) is 101 Å². The predicted octanol–water partition coefficient (Wildman–Crippen LogP) is 1.07. The lowest BCUT2D eigenvalue weighted by molar-refractivity contribution is 0.0905. The van der Waals surface area contributed by atoms with Crippen LogP contribution in [0.1, 0.15) is 29.2 Å². The molecule has 8 heteroatoms. The maximum absolute atomic E-state index is 12.0. The molecular formula is C13H15N3O4S. The first-order chi connectivity index (χ1) is 9.94. The summed E-state index contributed by atoms with van der Waals surface area (Å²) in [6, 6.07) is 7.59. The van der Waals surface area contributed by atoms with Crippen molar-refractivity contribution >= 4 is 15.9 Å². The van der Waals surface area contributed by atoms with Crippen molar-refractivity contribution < 1.29 is 17.6 Å². The molecule has 7 nitrogen and oxygen atoms in total. The third-order valence-electron chi connectivity index (χ3n) is 2.82. The summed E-state index contributed by atoms with van der Waals surface area (Å²) in [6.07, 6.45) is 1.63. The van der Waals surface area contributed by atoms with E-state index in [4.69, 9.17) is 4.42 Å². The van der Waals surface area contributed by atoms with Gasteiger partial charge in [0.15, 0.2) is 5.76 Å². The fraction of sp³-hybridized carbons (Fsp3) is 0.231. The van der Waals surface area contributed by atoms with Gasteiger partial charge in [-0.15, -0.1) is 0 Å². The van der Waals surface area contributed by atoms with E-state index in [2.05, 4.69) is 15.0 Å². The first kappa shape index (κ1) is 15.2. The highest BCUT2D eigenvalue weighted by molar-refractivity contribution is 7.89. The number of carbonyl (C=O) groups is 1. The summed E-state index contributed by atoms with van der Waals surface area (Å²) >= 11 is 0. The van der Waals surface area contributed by atoms with Crippen LogP contribution in [0.4, 0.5) is 0 Å². The van der Waals surface area contributed by atoms with Crippen LogP contribution in [0.2, 0.25) is 0 Å². The lowest BCUT2D eigenvalue weighted by Crippen LogP contribution is -2.26. The summed E-state index contributed by atoms with van der Waals surface area (Å²) in [5.74, 6) is -0.586. The molecule has 0 radical (unpaired) electrons. The zero-order valence-corrected chi connectivity index (χ0v) is 12.3. The van der Waals surface area contributed by atoms with Gasteiger partial charge in [0.05, 0.1) is 11.7 Å². The summed E-state index contributed by atoms with van der Waals surface area (Å²) in [5.41, 5.74) is 0.695. The Morgan fingerprint density at radius 1 is 1.29 bits per heavy atom. The zero-order valence-electron chi connectivity index (χ0n) is 11.5.